The lowest BCUT2D eigenvalue weighted by atomic mass is 9.58. The Morgan fingerprint density at radius 2 is 1.69 bits per heavy atom. The lowest BCUT2D eigenvalue weighted by Gasteiger charge is -2.57. The summed E-state index contributed by atoms with van der Waals surface area (Å²) in [5.74, 6) is -0.793. The van der Waals surface area contributed by atoms with Gasteiger partial charge in [0.25, 0.3) is 0 Å². The number of aliphatic hydroxyl groups excluding tert-OH is 1. The molecule has 5 heteroatoms. The summed E-state index contributed by atoms with van der Waals surface area (Å²) in [5.41, 5.74) is 3.50. The molecular formula is C24H40O4Si. The second kappa shape index (κ2) is 7.76. The first-order valence-electron chi connectivity index (χ1n) is 11.1. The van der Waals surface area contributed by atoms with Crippen molar-refractivity contribution < 1.29 is 19.0 Å². The Morgan fingerprint density at radius 3 is 2.24 bits per heavy atom. The number of ether oxygens (including phenoxy) is 2. The molecule has 0 aromatic heterocycles. The van der Waals surface area contributed by atoms with Gasteiger partial charge in [0.05, 0.1) is 18.8 Å². The van der Waals surface area contributed by atoms with Crippen LogP contribution in [0.2, 0.25) is 19.6 Å². The molecule has 164 valence electrons. The summed E-state index contributed by atoms with van der Waals surface area (Å²) in [5, 5.41) is 12.2. The van der Waals surface area contributed by atoms with Crippen LogP contribution in [-0.4, -0.2) is 44.1 Å². The topological polar surface area (TPSA) is 47.9 Å². The maximum atomic E-state index is 12.2. The van der Waals surface area contributed by atoms with Crippen molar-refractivity contribution in [2.75, 3.05) is 13.2 Å². The predicted octanol–water partition coefficient (Wildman–Crippen LogP) is 5.50. The molecule has 0 aromatic carbocycles. The quantitative estimate of drug-likeness (QED) is 0.471. The van der Waals surface area contributed by atoms with E-state index in [1.807, 2.05) is 6.08 Å². The van der Waals surface area contributed by atoms with Crippen LogP contribution in [0.4, 0.5) is 0 Å². The molecule has 1 spiro atoms. The number of rotatable bonds is 5. The van der Waals surface area contributed by atoms with Gasteiger partial charge in [0, 0.05) is 17.4 Å². The molecular weight excluding hydrogens is 380 g/mol. The summed E-state index contributed by atoms with van der Waals surface area (Å²) in [6.07, 6.45) is 5.63. The van der Waals surface area contributed by atoms with Crippen molar-refractivity contribution in [1.82, 2.24) is 0 Å². The number of aliphatic hydroxyl groups is 1. The van der Waals surface area contributed by atoms with Gasteiger partial charge in [0.1, 0.15) is 6.10 Å². The zero-order valence-electron chi connectivity index (χ0n) is 19.5. The molecule has 2 aliphatic carbocycles. The highest BCUT2D eigenvalue weighted by Crippen LogP contribution is 2.56. The van der Waals surface area contributed by atoms with E-state index in [-0.39, 0.29) is 5.41 Å². The first kappa shape index (κ1) is 23.0. The van der Waals surface area contributed by atoms with Crippen LogP contribution in [-0.2, 0) is 13.9 Å². The number of hydrogen-bond donors (Lipinski definition) is 1. The minimum absolute atomic E-state index is 0.388. The van der Waals surface area contributed by atoms with E-state index in [0.29, 0.717) is 13.2 Å². The van der Waals surface area contributed by atoms with Crippen molar-refractivity contribution in [3.8, 4) is 0 Å². The van der Waals surface area contributed by atoms with Gasteiger partial charge in [-0.3, -0.25) is 0 Å². The second-order valence-electron chi connectivity index (χ2n) is 10.5. The smallest absolute Gasteiger partial charge is 0.193 e. The minimum atomic E-state index is -1.99. The van der Waals surface area contributed by atoms with Crippen LogP contribution in [0, 0.1) is 5.41 Å². The fraction of sp³-hybridized carbons (Fsp3) is 0.750. The van der Waals surface area contributed by atoms with Crippen LogP contribution in [0.3, 0.4) is 0 Å². The van der Waals surface area contributed by atoms with Crippen LogP contribution >= 0.6 is 0 Å². The zero-order valence-corrected chi connectivity index (χ0v) is 20.5. The van der Waals surface area contributed by atoms with E-state index in [1.165, 1.54) is 16.7 Å². The van der Waals surface area contributed by atoms with Gasteiger partial charge in [-0.2, -0.15) is 0 Å². The van der Waals surface area contributed by atoms with E-state index in [4.69, 9.17) is 13.9 Å². The molecule has 0 saturated carbocycles. The highest BCUT2D eigenvalue weighted by Gasteiger charge is 2.60. The van der Waals surface area contributed by atoms with E-state index < -0.39 is 25.8 Å². The molecule has 1 N–H and O–H groups in total. The SMILES string of the molecule is C=CC1=C(C)CC[C@@](O[Si](C)(C)C)([C@@H](O)C2=C(C)CCCC23OCCO3)C1(C)C. The third-order valence-corrected chi connectivity index (χ3v) is 8.13. The molecule has 1 heterocycles. The lowest BCUT2D eigenvalue weighted by molar-refractivity contribution is -0.176. The molecule has 0 unspecified atom stereocenters. The predicted molar refractivity (Wildman–Crippen MR) is 120 cm³/mol. The summed E-state index contributed by atoms with van der Waals surface area (Å²) in [6.45, 7) is 20.6. The largest absolute Gasteiger partial charge is 0.408 e. The summed E-state index contributed by atoms with van der Waals surface area (Å²) < 4.78 is 19.3. The average molecular weight is 421 g/mol. The zero-order chi connectivity index (χ0) is 21.7. The third-order valence-electron chi connectivity index (χ3n) is 7.15. The Kier molecular flexibility index (Phi) is 6.14. The van der Waals surface area contributed by atoms with Crippen LogP contribution in [0.1, 0.15) is 59.8 Å². The Balaban J connectivity index is 2.19. The highest BCUT2D eigenvalue weighted by molar-refractivity contribution is 6.69. The molecule has 0 aromatic rings. The highest BCUT2D eigenvalue weighted by atomic mass is 28.4. The van der Waals surface area contributed by atoms with Gasteiger partial charge in [-0.1, -0.05) is 37.6 Å². The maximum absolute atomic E-state index is 12.2. The molecule has 0 amide bonds. The molecule has 1 saturated heterocycles. The van der Waals surface area contributed by atoms with Crippen molar-refractivity contribution in [2.24, 2.45) is 5.41 Å². The van der Waals surface area contributed by atoms with Crippen LogP contribution in [0.25, 0.3) is 0 Å². The Bertz CT molecular complexity index is 722. The van der Waals surface area contributed by atoms with E-state index in [9.17, 15) is 5.11 Å². The first-order valence-corrected chi connectivity index (χ1v) is 14.5. The first-order chi connectivity index (χ1) is 13.4. The summed E-state index contributed by atoms with van der Waals surface area (Å²) in [4.78, 5) is 0. The van der Waals surface area contributed by atoms with E-state index in [1.54, 1.807) is 0 Å². The number of hydrogen-bond acceptors (Lipinski definition) is 4. The summed E-state index contributed by atoms with van der Waals surface area (Å²) >= 11 is 0. The molecule has 29 heavy (non-hydrogen) atoms. The van der Waals surface area contributed by atoms with Crippen molar-refractivity contribution in [3.05, 3.63) is 34.9 Å². The van der Waals surface area contributed by atoms with Crippen molar-refractivity contribution in [2.45, 2.75) is 96.9 Å². The number of allylic oxidation sites excluding steroid dienone is 3. The van der Waals surface area contributed by atoms with E-state index in [2.05, 4.69) is 53.9 Å². The fourth-order valence-corrected chi connectivity index (χ4v) is 7.44. The maximum Gasteiger partial charge on any atom is 0.193 e. The van der Waals surface area contributed by atoms with Gasteiger partial charge >= 0.3 is 0 Å². The molecule has 0 bridgehead atoms. The van der Waals surface area contributed by atoms with Crippen molar-refractivity contribution in [3.63, 3.8) is 0 Å². The van der Waals surface area contributed by atoms with Gasteiger partial charge in [-0.05, 0) is 64.7 Å². The van der Waals surface area contributed by atoms with Gasteiger partial charge in [0.15, 0.2) is 14.1 Å². The van der Waals surface area contributed by atoms with Gasteiger partial charge in [-0.25, -0.2) is 0 Å². The van der Waals surface area contributed by atoms with Crippen molar-refractivity contribution in [1.29, 1.82) is 0 Å². The fourth-order valence-electron chi connectivity index (χ4n) is 5.88. The lowest BCUT2D eigenvalue weighted by Crippen LogP contribution is -2.64. The standard InChI is InChI=1S/C24H40O4Si/c1-9-19-17(2)12-14-23(22(19,4)5,28-29(6,7)8)21(25)20-18(3)11-10-13-24(20)26-15-16-27-24/h9,21,25H,1,10-16H2,2-8H3/t21-,23+/m0/s1. The molecule has 3 aliphatic rings. The molecule has 2 atom stereocenters. The van der Waals surface area contributed by atoms with E-state index in [0.717, 1.165) is 37.7 Å². The van der Waals surface area contributed by atoms with Crippen molar-refractivity contribution >= 4 is 8.32 Å². The molecule has 1 aliphatic heterocycles. The molecule has 1 fully saturated rings. The Labute approximate surface area is 178 Å². The third kappa shape index (κ3) is 3.74. The van der Waals surface area contributed by atoms with Gasteiger partial charge in [0.2, 0.25) is 0 Å². The van der Waals surface area contributed by atoms with Crippen LogP contribution in [0.5, 0.6) is 0 Å². The van der Waals surface area contributed by atoms with Crippen LogP contribution < -0.4 is 0 Å². The Morgan fingerprint density at radius 1 is 1.07 bits per heavy atom. The van der Waals surface area contributed by atoms with Crippen LogP contribution in [0.15, 0.2) is 34.9 Å². The second-order valence-corrected chi connectivity index (χ2v) is 15.0. The Hall–Kier alpha value is -0.723. The minimum Gasteiger partial charge on any atom is -0.408 e. The van der Waals surface area contributed by atoms with Gasteiger partial charge < -0.3 is 19.0 Å². The summed E-state index contributed by atoms with van der Waals surface area (Å²) in [6, 6.07) is 0. The average Bonchev–Trinajstić information content (AvgIpc) is 3.05. The molecule has 4 nitrogen and oxygen atoms in total. The van der Waals surface area contributed by atoms with Gasteiger partial charge in [-0.15, -0.1) is 0 Å². The normalized spacial score (nSPS) is 30.8. The molecule has 0 radical (unpaired) electrons. The molecule has 3 rings (SSSR count). The monoisotopic (exact) mass is 420 g/mol. The van der Waals surface area contributed by atoms with E-state index >= 15 is 0 Å². The summed E-state index contributed by atoms with van der Waals surface area (Å²) in [7, 11) is -1.99.